The predicted octanol–water partition coefficient (Wildman–Crippen LogP) is 0.585. The van der Waals surface area contributed by atoms with Crippen LogP contribution < -0.4 is 5.32 Å². The zero-order valence-corrected chi connectivity index (χ0v) is 7.58. The van der Waals surface area contributed by atoms with E-state index in [0.29, 0.717) is 12.6 Å². The van der Waals surface area contributed by atoms with E-state index in [-0.39, 0.29) is 12.3 Å². The molecule has 4 nitrogen and oxygen atoms in total. The van der Waals surface area contributed by atoms with Crippen LogP contribution in [0.4, 0.5) is 0 Å². The largest absolute Gasteiger partial charge is 0.378 e. The minimum absolute atomic E-state index is 0.0501. The van der Waals surface area contributed by atoms with E-state index in [4.69, 9.17) is 10.00 Å². The monoisotopic (exact) mass is 182 g/mol. The number of hydrogen-bond donors (Lipinski definition) is 1. The summed E-state index contributed by atoms with van der Waals surface area (Å²) in [5, 5.41) is 10.9. The van der Waals surface area contributed by atoms with Gasteiger partial charge in [0.1, 0.15) is 6.42 Å². The van der Waals surface area contributed by atoms with Gasteiger partial charge in [-0.25, -0.2) is 0 Å². The van der Waals surface area contributed by atoms with E-state index in [2.05, 4.69) is 5.32 Å². The van der Waals surface area contributed by atoms with Crippen molar-refractivity contribution in [1.29, 1.82) is 5.26 Å². The number of nitrogens with one attached hydrogen (secondary N) is 1. The van der Waals surface area contributed by atoms with Gasteiger partial charge in [-0.2, -0.15) is 5.26 Å². The zero-order valence-electron chi connectivity index (χ0n) is 7.58. The molecule has 1 amide bonds. The molecule has 0 aromatic rings. The quantitative estimate of drug-likeness (QED) is 0.692. The lowest BCUT2D eigenvalue weighted by atomic mass is 10.2. The number of nitrogens with zero attached hydrogens (tertiary/aromatic N) is 1. The average molecular weight is 182 g/mol. The Morgan fingerprint density at radius 2 is 2.54 bits per heavy atom. The summed E-state index contributed by atoms with van der Waals surface area (Å²) in [6.07, 6.45) is 3.33. The lowest BCUT2D eigenvalue weighted by molar-refractivity contribution is -0.120. The van der Waals surface area contributed by atoms with Crippen molar-refractivity contribution in [3.63, 3.8) is 0 Å². The SMILES string of the molecule is N#CCC(=O)NCCC1CCCO1. The number of carbonyl (C=O) groups is 1. The fourth-order valence-corrected chi connectivity index (χ4v) is 1.38. The molecule has 1 N–H and O–H groups in total. The summed E-state index contributed by atoms with van der Waals surface area (Å²) in [6, 6.07) is 1.80. The summed E-state index contributed by atoms with van der Waals surface area (Å²) in [7, 11) is 0. The van der Waals surface area contributed by atoms with Crippen LogP contribution in [0.2, 0.25) is 0 Å². The summed E-state index contributed by atoms with van der Waals surface area (Å²) < 4.78 is 5.38. The molecule has 0 bridgehead atoms. The third kappa shape index (κ3) is 3.90. The molecule has 1 fully saturated rings. The molecule has 0 radical (unpaired) electrons. The first-order valence-electron chi connectivity index (χ1n) is 4.58. The van der Waals surface area contributed by atoms with Crippen molar-refractivity contribution in [2.24, 2.45) is 0 Å². The molecule has 1 atom stereocenters. The van der Waals surface area contributed by atoms with Crippen LogP contribution in [0.1, 0.15) is 25.7 Å². The van der Waals surface area contributed by atoms with E-state index in [0.717, 1.165) is 25.9 Å². The van der Waals surface area contributed by atoms with Gasteiger partial charge in [0.15, 0.2) is 0 Å². The van der Waals surface area contributed by atoms with Crippen LogP contribution in [0.5, 0.6) is 0 Å². The summed E-state index contributed by atoms with van der Waals surface area (Å²) in [5.41, 5.74) is 0. The molecule has 0 aromatic heterocycles. The van der Waals surface area contributed by atoms with Gasteiger partial charge in [0.25, 0.3) is 0 Å². The van der Waals surface area contributed by atoms with Gasteiger partial charge in [0.2, 0.25) is 5.91 Å². The Labute approximate surface area is 77.9 Å². The van der Waals surface area contributed by atoms with Gasteiger partial charge in [-0.3, -0.25) is 4.79 Å². The normalized spacial score (nSPS) is 21.0. The maximum atomic E-state index is 10.8. The fraction of sp³-hybridized carbons (Fsp3) is 0.778. The van der Waals surface area contributed by atoms with Crippen LogP contribution in [-0.2, 0) is 9.53 Å². The van der Waals surface area contributed by atoms with E-state index in [1.54, 1.807) is 6.07 Å². The van der Waals surface area contributed by atoms with Crippen molar-refractivity contribution in [1.82, 2.24) is 5.32 Å². The average Bonchev–Trinajstić information content (AvgIpc) is 2.57. The first kappa shape index (κ1) is 10.0. The molecule has 1 rings (SSSR count). The number of ether oxygens (including phenoxy) is 1. The summed E-state index contributed by atoms with van der Waals surface area (Å²) in [5.74, 6) is -0.194. The van der Waals surface area contributed by atoms with Crippen LogP contribution in [0.25, 0.3) is 0 Å². The topological polar surface area (TPSA) is 62.1 Å². The van der Waals surface area contributed by atoms with Gasteiger partial charge in [-0.05, 0) is 19.3 Å². The molecular weight excluding hydrogens is 168 g/mol. The maximum absolute atomic E-state index is 10.8. The lowest BCUT2D eigenvalue weighted by Crippen LogP contribution is -2.26. The van der Waals surface area contributed by atoms with Crippen molar-refractivity contribution in [2.45, 2.75) is 31.8 Å². The summed E-state index contributed by atoms with van der Waals surface area (Å²) >= 11 is 0. The molecular formula is C9H14N2O2. The smallest absolute Gasteiger partial charge is 0.234 e. The molecule has 0 spiro atoms. The minimum Gasteiger partial charge on any atom is -0.378 e. The Hall–Kier alpha value is -1.08. The molecule has 1 aliphatic heterocycles. The van der Waals surface area contributed by atoms with Gasteiger partial charge < -0.3 is 10.1 Å². The van der Waals surface area contributed by atoms with E-state index in [1.807, 2.05) is 0 Å². The number of amides is 1. The highest BCUT2D eigenvalue weighted by Crippen LogP contribution is 2.14. The number of hydrogen-bond acceptors (Lipinski definition) is 3. The highest BCUT2D eigenvalue weighted by Gasteiger charge is 2.14. The van der Waals surface area contributed by atoms with Gasteiger partial charge in [0, 0.05) is 13.2 Å². The Bertz CT molecular complexity index is 204. The van der Waals surface area contributed by atoms with Crippen molar-refractivity contribution < 1.29 is 9.53 Å². The summed E-state index contributed by atoms with van der Waals surface area (Å²) in [4.78, 5) is 10.8. The van der Waals surface area contributed by atoms with E-state index >= 15 is 0 Å². The van der Waals surface area contributed by atoms with Crippen molar-refractivity contribution in [2.75, 3.05) is 13.2 Å². The Morgan fingerprint density at radius 3 is 3.15 bits per heavy atom. The lowest BCUT2D eigenvalue weighted by Gasteiger charge is -2.08. The first-order chi connectivity index (χ1) is 6.33. The second kappa shape index (κ2) is 5.55. The first-order valence-corrected chi connectivity index (χ1v) is 4.58. The molecule has 0 aliphatic carbocycles. The highest BCUT2D eigenvalue weighted by molar-refractivity contribution is 5.77. The molecule has 13 heavy (non-hydrogen) atoms. The van der Waals surface area contributed by atoms with E-state index < -0.39 is 0 Å². The molecule has 0 aromatic carbocycles. The zero-order chi connectivity index (χ0) is 9.52. The van der Waals surface area contributed by atoms with Crippen LogP contribution in [-0.4, -0.2) is 25.2 Å². The second-order valence-corrected chi connectivity index (χ2v) is 3.11. The summed E-state index contributed by atoms with van der Waals surface area (Å²) in [6.45, 7) is 1.46. The molecule has 1 saturated heterocycles. The molecule has 1 aliphatic rings. The van der Waals surface area contributed by atoms with Crippen LogP contribution in [0, 0.1) is 11.3 Å². The third-order valence-electron chi connectivity index (χ3n) is 2.05. The molecule has 4 heteroatoms. The Balaban J connectivity index is 2.00. The molecule has 72 valence electrons. The Kier molecular flexibility index (Phi) is 4.27. The van der Waals surface area contributed by atoms with Crippen molar-refractivity contribution >= 4 is 5.91 Å². The predicted molar refractivity (Wildman–Crippen MR) is 46.8 cm³/mol. The molecule has 1 heterocycles. The maximum Gasteiger partial charge on any atom is 0.234 e. The number of rotatable bonds is 4. The molecule has 1 unspecified atom stereocenters. The van der Waals surface area contributed by atoms with Crippen LogP contribution in [0.15, 0.2) is 0 Å². The van der Waals surface area contributed by atoms with Crippen LogP contribution in [0.3, 0.4) is 0 Å². The van der Waals surface area contributed by atoms with Gasteiger partial charge >= 0.3 is 0 Å². The van der Waals surface area contributed by atoms with E-state index in [9.17, 15) is 4.79 Å². The van der Waals surface area contributed by atoms with E-state index in [1.165, 1.54) is 0 Å². The number of carbonyl (C=O) groups excluding carboxylic acids is 1. The van der Waals surface area contributed by atoms with Crippen molar-refractivity contribution in [3.8, 4) is 6.07 Å². The van der Waals surface area contributed by atoms with Crippen LogP contribution >= 0.6 is 0 Å². The van der Waals surface area contributed by atoms with Crippen molar-refractivity contribution in [3.05, 3.63) is 0 Å². The van der Waals surface area contributed by atoms with Gasteiger partial charge in [-0.1, -0.05) is 0 Å². The minimum atomic E-state index is -0.194. The standard InChI is InChI=1S/C9H14N2O2/c10-5-3-9(12)11-6-4-8-2-1-7-13-8/h8H,1-4,6-7H2,(H,11,12). The highest BCUT2D eigenvalue weighted by atomic mass is 16.5. The Morgan fingerprint density at radius 1 is 1.69 bits per heavy atom. The third-order valence-corrected chi connectivity index (χ3v) is 2.05. The molecule has 0 saturated carbocycles. The number of nitriles is 1. The van der Waals surface area contributed by atoms with Gasteiger partial charge in [-0.15, -0.1) is 0 Å². The van der Waals surface area contributed by atoms with Gasteiger partial charge in [0.05, 0.1) is 12.2 Å². The second-order valence-electron chi connectivity index (χ2n) is 3.11. The fourth-order valence-electron chi connectivity index (χ4n) is 1.38.